The van der Waals surface area contributed by atoms with Crippen LogP contribution < -0.4 is 0 Å². The van der Waals surface area contributed by atoms with Gasteiger partial charge in [0.25, 0.3) is 15.7 Å². The number of benzene rings is 4. The predicted molar refractivity (Wildman–Crippen MR) is 172 cm³/mol. The normalized spacial score (nSPS) is 20.3. The van der Waals surface area contributed by atoms with Crippen molar-refractivity contribution in [1.82, 2.24) is 8.28 Å². The van der Waals surface area contributed by atoms with E-state index < -0.39 is 52.9 Å². The van der Waals surface area contributed by atoms with Crippen molar-refractivity contribution < 1.29 is 30.9 Å². The number of sulfonamides is 1. The summed E-state index contributed by atoms with van der Waals surface area (Å²) in [6.07, 6.45) is -0.0880. The molecule has 13 heteroatoms. The topological polar surface area (TPSA) is 129 Å². The highest BCUT2D eigenvalue weighted by Crippen LogP contribution is 2.52. The third-order valence-corrected chi connectivity index (χ3v) is 12.8. The molecule has 1 saturated heterocycles. The Balaban J connectivity index is 1.49. The van der Waals surface area contributed by atoms with Crippen molar-refractivity contribution in [3.05, 3.63) is 135 Å². The largest absolute Gasteiger partial charge is 0.373 e. The molecule has 47 heavy (non-hydrogen) atoms. The summed E-state index contributed by atoms with van der Waals surface area (Å²) < 4.78 is 80.7. The van der Waals surface area contributed by atoms with E-state index in [4.69, 9.17) is 4.74 Å². The number of nitro groups is 1. The first-order chi connectivity index (χ1) is 22.4. The average molecular weight is 676 g/mol. The fraction of sp³-hybridized carbons (Fsp3) is 0.235. The molecule has 2 aliphatic rings. The Morgan fingerprint density at radius 2 is 1.64 bits per heavy atom. The highest BCUT2D eigenvalue weighted by atomic mass is 32.2. The van der Waals surface area contributed by atoms with Crippen LogP contribution in [0.1, 0.15) is 41.3 Å². The Bertz CT molecular complexity index is 2270. The van der Waals surface area contributed by atoms with Crippen molar-refractivity contribution in [2.75, 3.05) is 13.2 Å². The molecule has 0 radical (unpaired) electrons. The van der Waals surface area contributed by atoms with E-state index in [1.54, 1.807) is 42.5 Å². The third kappa shape index (κ3) is 5.14. The molecular weight excluding hydrogens is 646 g/mol. The summed E-state index contributed by atoms with van der Waals surface area (Å²) in [5.41, 5.74) is 1.19. The van der Waals surface area contributed by atoms with Gasteiger partial charge in [-0.25, -0.2) is 25.2 Å². The molecule has 1 aromatic heterocycles. The summed E-state index contributed by atoms with van der Waals surface area (Å²) in [6.45, 7) is 1.59. The molecular formula is C34H30FN3O7S2. The van der Waals surface area contributed by atoms with E-state index in [2.05, 4.69) is 0 Å². The lowest BCUT2D eigenvalue weighted by Gasteiger charge is -2.47. The number of aryl methyl sites for hydroxylation is 1. The van der Waals surface area contributed by atoms with Crippen LogP contribution in [0.3, 0.4) is 0 Å². The van der Waals surface area contributed by atoms with Crippen molar-refractivity contribution in [2.24, 2.45) is 0 Å². The molecule has 0 aliphatic carbocycles. The fourth-order valence-electron chi connectivity index (χ4n) is 7.07. The summed E-state index contributed by atoms with van der Waals surface area (Å²) in [7, 11) is -8.79. The van der Waals surface area contributed by atoms with Gasteiger partial charge in [-0.1, -0.05) is 60.2 Å². The minimum absolute atomic E-state index is 0.0315. The van der Waals surface area contributed by atoms with Gasteiger partial charge in [-0.15, -0.1) is 0 Å². The van der Waals surface area contributed by atoms with E-state index in [9.17, 15) is 31.3 Å². The van der Waals surface area contributed by atoms with Crippen LogP contribution in [0, 0.1) is 22.9 Å². The molecule has 3 heterocycles. The molecule has 10 nitrogen and oxygen atoms in total. The molecule has 7 rings (SSSR count). The molecule has 5 aromatic rings. The summed E-state index contributed by atoms with van der Waals surface area (Å²) in [6, 6.07) is 24.6. The van der Waals surface area contributed by atoms with Crippen molar-refractivity contribution in [2.45, 2.75) is 47.6 Å². The van der Waals surface area contributed by atoms with E-state index in [1.807, 2.05) is 13.0 Å². The third-order valence-electron chi connectivity index (χ3n) is 9.20. The van der Waals surface area contributed by atoms with Crippen molar-refractivity contribution >= 4 is 36.6 Å². The minimum atomic E-state index is -4.53. The van der Waals surface area contributed by atoms with Crippen LogP contribution in [0.5, 0.6) is 0 Å². The second-order valence-corrected chi connectivity index (χ2v) is 15.8. The number of aromatic nitrogens is 1. The molecule has 242 valence electrons. The van der Waals surface area contributed by atoms with E-state index in [0.29, 0.717) is 28.5 Å². The van der Waals surface area contributed by atoms with Crippen LogP contribution in [-0.2, 0) is 36.7 Å². The van der Waals surface area contributed by atoms with Crippen LogP contribution >= 0.6 is 0 Å². The van der Waals surface area contributed by atoms with Gasteiger partial charge in [0.2, 0.25) is 10.0 Å². The minimum Gasteiger partial charge on any atom is -0.373 e. The Labute approximate surface area is 271 Å². The van der Waals surface area contributed by atoms with E-state index in [1.165, 1.54) is 46.4 Å². The van der Waals surface area contributed by atoms with Crippen LogP contribution in [0.15, 0.2) is 107 Å². The molecule has 1 spiro atoms. The summed E-state index contributed by atoms with van der Waals surface area (Å²) in [5.74, 6) is -0.448. The molecule has 4 aromatic carbocycles. The van der Waals surface area contributed by atoms with E-state index >= 15 is 0 Å². The number of nitro benzene ring substituents is 1. The predicted octanol–water partition coefficient (Wildman–Crippen LogP) is 6.23. The van der Waals surface area contributed by atoms with Crippen LogP contribution in [-0.4, -0.2) is 43.2 Å². The van der Waals surface area contributed by atoms with Gasteiger partial charge in [0.1, 0.15) is 5.82 Å². The number of nitrogens with zero attached hydrogens (tertiary/aromatic N) is 3. The van der Waals surface area contributed by atoms with E-state index in [0.717, 1.165) is 15.9 Å². The van der Waals surface area contributed by atoms with Crippen LogP contribution in [0.4, 0.5) is 10.1 Å². The summed E-state index contributed by atoms with van der Waals surface area (Å²) in [5, 5.41) is 12.6. The highest BCUT2D eigenvalue weighted by molar-refractivity contribution is 7.90. The number of hydrogen-bond donors (Lipinski definition) is 0. The molecule has 0 saturated carbocycles. The molecule has 0 amide bonds. The van der Waals surface area contributed by atoms with Crippen LogP contribution in [0.25, 0.3) is 10.9 Å². The van der Waals surface area contributed by atoms with Crippen molar-refractivity contribution in [3.63, 3.8) is 0 Å². The monoisotopic (exact) mass is 675 g/mol. The summed E-state index contributed by atoms with van der Waals surface area (Å²) in [4.78, 5) is 10.7. The van der Waals surface area contributed by atoms with Gasteiger partial charge in [0, 0.05) is 30.0 Å². The van der Waals surface area contributed by atoms with Gasteiger partial charge in [0.15, 0.2) is 4.90 Å². The standard InChI is InChI=1S/C34H30FN3O7S2/c1-23-13-15-26(16-14-23)46(41,42)37-28-10-3-2-9-27(28)33-30(37)21-36(47(43,44)32-12-5-4-11-29(32)38(39)40)22-34(33)17-18-45-31(20-34)24-7-6-8-25(35)19-24/h2-16,19,31H,17-18,20-22H2,1H3. The first-order valence-corrected chi connectivity index (χ1v) is 17.9. The highest BCUT2D eigenvalue weighted by Gasteiger charge is 2.51. The van der Waals surface area contributed by atoms with Crippen molar-refractivity contribution in [3.8, 4) is 0 Å². The lowest BCUT2D eigenvalue weighted by Crippen LogP contribution is -2.51. The fourth-order valence-corrected chi connectivity index (χ4v) is 10.3. The van der Waals surface area contributed by atoms with Gasteiger partial charge in [-0.05, 0) is 67.3 Å². The quantitative estimate of drug-likeness (QED) is 0.154. The Morgan fingerprint density at radius 1 is 0.915 bits per heavy atom. The first kappa shape index (κ1) is 31.2. The Morgan fingerprint density at radius 3 is 2.38 bits per heavy atom. The lowest BCUT2D eigenvalue weighted by atomic mass is 9.69. The molecule has 2 aliphatic heterocycles. The number of halogens is 1. The molecule has 1 fully saturated rings. The smallest absolute Gasteiger partial charge is 0.289 e. The Kier molecular flexibility index (Phi) is 7.54. The lowest BCUT2D eigenvalue weighted by molar-refractivity contribution is -0.387. The zero-order valence-electron chi connectivity index (χ0n) is 25.2. The van der Waals surface area contributed by atoms with Gasteiger partial charge < -0.3 is 4.74 Å². The molecule has 2 atom stereocenters. The zero-order valence-corrected chi connectivity index (χ0v) is 26.9. The molecule has 0 bridgehead atoms. The SMILES string of the molecule is Cc1ccc(S(=O)(=O)n2c3c(c4ccccc42)C2(CCOC(c4cccc(F)c4)C2)CN(S(=O)(=O)c2ccccc2[N+](=O)[O-])C3)cc1. The maximum atomic E-state index is 14.5. The second-order valence-electron chi connectivity index (χ2n) is 12.1. The summed E-state index contributed by atoms with van der Waals surface area (Å²) >= 11 is 0. The van der Waals surface area contributed by atoms with Crippen molar-refractivity contribution in [1.29, 1.82) is 0 Å². The van der Waals surface area contributed by atoms with Gasteiger partial charge in [-0.2, -0.15) is 4.31 Å². The number of fused-ring (bicyclic) bond motifs is 4. The number of ether oxygens (including phenoxy) is 1. The number of hydrogen-bond acceptors (Lipinski definition) is 7. The Hall–Kier alpha value is -4.43. The van der Waals surface area contributed by atoms with E-state index in [-0.39, 0.29) is 36.7 Å². The zero-order chi connectivity index (χ0) is 33.1. The van der Waals surface area contributed by atoms with Gasteiger partial charge in [0.05, 0.1) is 33.7 Å². The van der Waals surface area contributed by atoms with Crippen LogP contribution in [0.2, 0.25) is 0 Å². The van der Waals surface area contributed by atoms with Gasteiger partial charge >= 0.3 is 0 Å². The number of para-hydroxylation sites is 2. The maximum absolute atomic E-state index is 14.5. The number of rotatable bonds is 6. The van der Waals surface area contributed by atoms with Gasteiger partial charge in [-0.3, -0.25) is 10.1 Å². The first-order valence-electron chi connectivity index (χ1n) is 15.0. The average Bonchev–Trinajstić information content (AvgIpc) is 3.41. The molecule has 2 unspecified atom stereocenters. The molecule has 0 N–H and O–H groups in total. The second kappa shape index (κ2) is 11.4. The maximum Gasteiger partial charge on any atom is 0.289 e.